The minimum Gasteiger partial charge on any atom is -0.493 e. The highest BCUT2D eigenvalue weighted by atomic mass is 16.7. The number of likely N-dealkylation sites (N-methyl/N-ethyl adjacent to an activating group) is 1. The van der Waals surface area contributed by atoms with Gasteiger partial charge in [-0.15, -0.1) is 0 Å². The van der Waals surface area contributed by atoms with Gasteiger partial charge in [0.25, 0.3) is 0 Å². The summed E-state index contributed by atoms with van der Waals surface area (Å²) in [4.78, 5) is 59.5. The zero-order valence-electron chi connectivity index (χ0n) is 34.3. The van der Waals surface area contributed by atoms with Crippen LogP contribution in [0.5, 0.6) is 11.5 Å². The summed E-state index contributed by atoms with van der Waals surface area (Å²) in [6, 6.07) is 5.41. The number of amides is 3. The molecule has 0 aliphatic carbocycles. The molecule has 55 heavy (non-hydrogen) atoms. The van der Waals surface area contributed by atoms with E-state index in [-0.39, 0.29) is 42.8 Å². The molecular formula is C40H63N5O10. The van der Waals surface area contributed by atoms with E-state index in [9.17, 15) is 19.2 Å². The van der Waals surface area contributed by atoms with E-state index in [0.717, 1.165) is 12.0 Å². The van der Waals surface area contributed by atoms with Gasteiger partial charge in [0.1, 0.15) is 6.73 Å². The van der Waals surface area contributed by atoms with E-state index in [1.807, 2.05) is 32.0 Å². The zero-order valence-corrected chi connectivity index (χ0v) is 34.3. The Labute approximate surface area is 326 Å². The average Bonchev–Trinajstić information content (AvgIpc) is 3.53. The lowest BCUT2D eigenvalue weighted by molar-refractivity contribution is -0.158. The lowest BCUT2D eigenvalue weighted by Crippen LogP contribution is -2.47. The molecule has 0 bridgehead atoms. The summed E-state index contributed by atoms with van der Waals surface area (Å²) >= 11 is 0. The second-order valence-corrected chi connectivity index (χ2v) is 15.6. The number of methoxy groups -OCH3 is 2. The molecule has 0 spiro atoms. The summed E-state index contributed by atoms with van der Waals surface area (Å²) in [7, 11) is 4.93. The molecule has 1 fully saturated rings. The maximum absolute atomic E-state index is 13.9. The Morgan fingerprint density at radius 3 is 2.36 bits per heavy atom. The third-order valence-corrected chi connectivity index (χ3v) is 10.2. The van der Waals surface area contributed by atoms with Gasteiger partial charge >= 0.3 is 12.1 Å². The fourth-order valence-corrected chi connectivity index (χ4v) is 6.46. The van der Waals surface area contributed by atoms with Crippen molar-refractivity contribution in [3.05, 3.63) is 36.0 Å². The van der Waals surface area contributed by atoms with Crippen molar-refractivity contribution in [1.82, 2.24) is 15.1 Å². The molecule has 2 aliphatic rings. The smallest absolute Gasteiger partial charge is 0.415 e. The quantitative estimate of drug-likeness (QED) is 0.102. The van der Waals surface area contributed by atoms with Crippen molar-refractivity contribution in [3.63, 3.8) is 0 Å². The molecule has 0 saturated carbocycles. The number of aliphatic imine (C=N–C) groups is 1. The molecule has 0 aromatic heterocycles. The third kappa shape index (κ3) is 13.1. The molecule has 308 valence electrons. The maximum Gasteiger partial charge on any atom is 0.415 e. The van der Waals surface area contributed by atoms with Crippen LogP contribution in [-0.2, 0) is 39.8 Å². The highest BCUT2D eigenvalue weighted by Crippen LogP contribution is 2.36. The first-order chi connectivity index (χ1) is 26.0. The highest BCUT2D eigenvalue weighted by molar-refractivity contribution is 6.35. The molecule has 15 nitrogen and oxygen atoms in total. The topological polar surface area (TPSA) is 181 Å². The monoisotopic (exact) mass is 773 g/mol. The van der Waals surface area contributed by atoms with Crippen LogP contribution in [0.3, 0.4) is 0 Å². The molecule has 1 aromatic rings. The number of primary amides is 1. The van der Waals surface area contributed by atoms with Gasteiger partial charge < -0.3 is 44.4 Å². The lowest BCUT2D eigenvalue weighted by Gasteiger charge is -2.33. The first-order valence-electron chi connectivity index (χ1n) is 19.1. The number of hydrogen-bond acceptors (Lipinski definition) is 12. The number of carbonyl (C=O) groups is 4. The summed E-state index contributed by atoms with van der Waals surface area (Å²) in [5.41, 5.74) is 5.66. The minimum atomic E-state index is -1.22. The molecule has 3 amide bonds. The van der Waals surface area contributed by atoms with E-state index >= 15 is 0 Å². The normalized spacial score (nSPS) is 18.8. The standard InChI is InChI=1S/C40H63N5O10/c1-25(2)29(19-28-13-14-32(51-10)34(20-28)52-18-12-17-50-9)21-31-33(22-30(26(3)4)36(46)43-23-40(6,7)38(41)48)53-24-45(31)39(49)55-27(5)54-37(47)35-42-15-11-16-44(35)8/h11,13-14,16,20,25-27,29-31,33H,12,15,17-19,21-24H2,1-10H3,(H2,41,48)(H,43,46)/t27?,29?,30?,31-,33-/m0/s1. The van der Waals surface area contributed by atoms with Crippen molar-refractivity contribution in [2.75, 3.05) is 54.3 Å². The van der Waals surface area contributed by atoms with Gasteiger partial charge in [0.15, 0.2) is 11.5 Å². The Morgan fingerprint density at radius 1 is 1.02 bits per heavy atom. The van der Waals surface area contributed by atoms with Crippen LogP contribution in [0.1, 0.15) is 73.3 Å². The molecule has 0 radical (unpaired) electrons. The van der Waals surface area contributed by atoms with Gasteiger partial charge in [-0.25, -0.2) is 9.59 Å². The van der Waals surface area contributed by atoms with Crippen LogP contribution >= 0.6 is 0 Å². The van der Waals surface area contributed by atoms with Crippen LogP contribution in [0.4, 0.5) is 4.79 Å². The van der Waals surface area contributed by atoms with Crippen LogP contribution in [0.2, 0.25) is 0 Å². The van der Waals surface area contributed by atoms with Crippen LogP contribution in [-0.4, -0.2) is 112 Å². The maximum atomic E-state index is 13.9. The number of benzene rings is 1. The molecule has 2 heterocycles. The number of nitrogens with one attached hydrogen (secondary N) is 1. The van der Waals surface area contributed by atoms with Crippen molar-refractivity contribution in [2.24, 2.45) is 39.8 Å². The van der Waals surface area contributed by atoms with Gasteiger partial charge in [0.2, 0.25) is 23.9 Å². The minimum absolute atomic E-state index is 0.0603. The number of nitrogens with two attached hydrogens (primary N) is 1. The third-order valence-electron chi connectivity index (χ3n) is 10.2. The second kappa shape index (κ2) is 21.1. The zero-order chi connectivity index (χ0) is 40.9. The molecule has 1 aromatic carbocycles. The van der Waals surface area contributed by atoms with E-state index in [2.05, 4.69) is 24.2 Å². The molecule has 3 unspecified atom stereocenters. The average molecular weight is 774 g/mol. The van der Waals surface area contributed by atoms with Gasteiger partial charge in [-0.05, 0) is 74.6 Å². The van der Waals surface area contributed by atoms with Gasteiger partial charge in [-0.1, -0.05) is 33.8 Å². The number of ether oxygens (including phenoxy) is 6. The molecule has 3 rings (SSSR count). The largest absolute Gasteiger partial charge is 0.493 e. The first kappa shape index (κ1) is 45.0. The van der Waals surface area contributed by atoms with E-state index in [1.165, 1.54) is 16.7 Å². The fraction of sp³-hybridized carbons (Fsp3) is 0.675. The Kier molecular flexibility index (Phi) is 17.3. The Morgan fingerprint density at radius 2 is 1.75 bits per heavy atom. The van der Waals surface area contributed by atoms with Crippen LogP contribution in [0, 0.1) is 29.1 Å². The summed E-state index contributed by atoms with van der Waals surface area (Å²) in [6.07, 6.45) is 3.29. The van der Waals surface area contributed by atoms with Crippen LogP contribution < -0.4 is 20.5 Å². The Balaban J connectivity index is 1.87. The number of esters is 1. The Bertz CT molecular complexity index is 1510. The summed E-state index contributed by atoms with van der Waals surface area (Å²) in [5, 5.41) is 2.92. The predicted molar refractivity (Wildman–Crippen MR) is 207 cm³/mol. The molecule has 1 saturated heterocycles. The molecule has 3 N–H and O–H groups in total. The Hall–Kier alpha value is -4.37. The number of amidine groups is 1. The molecule has 5 atom stereocenters. The van der Waals surface area contributed by atoms with E-state index < -0.39 is 47.7 Å². The molecule has 2 aliphatic heterocycles. The summed E-state index contributed by atoms with van der Waals surface area (Å²) in [5.74, 6) is -0.412. The summed E-state index contributed by atoms with van der Waals surface area (Å²) in [6.45, 7) is 14.4. The van der Waals surface area contributed by atoms with Gasteiger partial charge in [0.05, 0.1) is 37.8 Å². The van der Waals surface area contributed by atoms with E-state index in [4.69, 9.17) is 34.2 Å². The van der Waals surface area contributed by atoms with E-state index in [1.54, 1.807) is 47.4 Å². The first-order valence-corrected chi connectivity index (χ1v) is 19.1. The van der Waals surface area contributed by atoms with Crippen LogP contribution in [0.15, 0.2) is 35.5 Å². The molecular weight excluding hydrogens is 710 g/mol. The lowest BCUT2D eigenvalue weighted by atomic mass is 9.80. The van der Waals surface area contributed by atoms with Gasteiger partial charge in [0, 0.05) is 52.8 Å². The van der Waals surface area contributed by atoms with Crippen molar-refractivity contribution in [3.8, 4) is 11.5 Å². The number of nitrogens with zero attached hydrogens (tertiary/aromatic N) is 3. The number of hydrogen-bond donors (Lipinski definition) is 2. The highest BCUT2D eigenvalue weighted by Gasteiger charge is 2.44. The van der Waals surface area contributed by atoms with Crippen molar-refractivity contribution < 1.29 is 47.6 Å². The van der Waals surface area contributed by atoms with Crippen molar-refractivity contribution >= 4 is 29.7 Å². The fourth-order valence-electron chi connectivity index (χ4n) is 6.46. The van der Waals surface area contributed by atoms with Gasteiger partial charge in [-0.3, -0.25) is 19.5 Å². The van der Waals surface area contributed by atoms with E-state index in [0.29, 0.717) is 50.5 Å². The van der Waals surface area contributed by atoms with Crippen LogP contribution in [0.25, 0.3) is 0 Å². The SMILES string of the molecule is COCCCOc1cc(CC(C[C@H]2[C@H](CC(C(=O)NCC(C)(C)C(N)=O)C(C)C)OCN2C(=O)OC(C)OC(=O)C2=NCC=CN2C)C(C)C)ccc1OC. The van der Waals surface area contributed by atoms with Crippen molar-refractivity contribution in [2.45, 2.75) is 92.6 Å². The van der Waals surface area contributed by atoms with Crippen molar-refractivity contribution in [1.29, 1.82) is 0 Å². The van der Waals surface area contributed by atoms with Gasteiger partial charge in [-0.2, -0.15) is 0 Å². The predicted octanol–water partition coefficient (Wildman–Crippen LogP) is 4.52. The number of carbonyl (C=O) groups excluding carboxylic acids is 4. The summed E-state index contributed by atoms with van der Waals surface area (Å²) < 4.78 is 34.2. The molecule has 15 heteroatoms. The second-order valence-electron chi connectivity index (χ2n) is 15.6. The number of rotatable bonds is 21.